The summed E-state index contributed by atoms with van der Waals surface area (Å²) in [5.74, 6) is -0.818. The molecule has 4 heterocycles. The largest absolute Gasteiger partial charge is 0.503 e. The van der Waals surface area contributed by atoms with Crippen LogP contribution in [0.5, 0.6) is 11.5 Å². The Bertz CT molecular complexity index is 1420. The predicted octanol–water partition coefficient (Wildman–Crippen LogP) is 4.34. The van der Waals surface area contributed by atoms with Crippen LogP contribution < -0.4 is 14.4 Å². The molecule has 33 heavy (non-hydrogen) atoms. The Labute approximate surface area is 187 Å². The standard InChI is InChI=1S/C25H16N2O6/c28-23(20-11-15-3-1-2-4-17(15)33-20)21-22(14-7-9-26-10-8-14)27(25(30)24(21)29)16-5-6-18-19(12-16)32-13-31-18/h1-12,22,29H,13H2. The number of carbonyl (C=O) groups excluding carboxylic acids is 2. The molecular formula is C25H16N2O6. The van der Waals surface area contributed by atoms with E-state index in [1.54, 1.807) is 60.9 Å². The molecule has 0 fully saturated rings. The molecule has 162 valence electrons. The summed E-state index contributed by atoms with van der Waals surface area (Å²) in [4.78, 5) is 32.2. The van der Waals surface area contributed by atoms with Gasteiger partial charge in [-0.2, -0.15) is 0 Å². The third-order valence-electron chi connectivity index (χ3n) is 5.76. The number of carbonyl (C=O) groups is 2. The fraction of sp³-hybridized carbons (Fsp3) is 0.0800. The van der Waals surface area contributed by atoms with Crippen molar-refractivity contribution < 1.29 is 28.6 Å². The highest BCUT2D eigenvalue weighted by molar-refractivity contribution is 6.20. The first-order valence-corrected chi connectivity index (χ1v) is 10.2. The number of pyridine rings is 1. The van der Waals surface area contributed by atoms with Crippen molar-refractivity contribution >= 4 is 28.3 Å². The van der Waals surface area contributed by atoms with Crippen LogP contribution in [0.15, 0.2) is 88.8 Å². The normalized spacial score (nSPS) is 17.3. The van der Waals surface area contributed by atoms with Crippen LogP contribution in [-0.2, 0) is 4.79 Å². The highest BCUT2D eigenvalue weighted by atomic mass is 16.7. The van der Waals surface area contributed by atoms with Crippen LogP contribution in [-0.4, -0.2) is 28.6 Å². The second-order valence-electron chi connectivity index (χ2n) is 7.64. The first kappa shape index (κ1) is 19.1. The van der Waals surface area contributed by atoms with Crippen LogP contribution in [0, 0.1) is 0 Å². The summed E-state index contributed by atoms with van der Waals surface area (Å²) in [6.07, 6.45) is 3.13. The number of hydrogen-bond donors (Lipinski definition) is 1. The van der Waals surface area contributed by atoms with Gasteiger partial charge < -0.3 is 19.0 Å². The number of aromatic nitrogens is 1. The van der Waals surface area contributed by atoms with Gasteiger partial charge in [-0.15, -0.1) is 0 Å². The van der Waals surface area contributed by atoms with Crippen LogP contribution in [0.2, 0.25) is 0 Å². The van der Waals surface area contributed by atoms with Gasteiger partial charge in [-0.3, -0.25) is 19.5 Å². The Morgan fingerprint density at radius 3 is 2.61 bits per heavy atom. The molecule has 1 amide bonds. The lowest BCUT2D eigenvalue weighted by atomic mass is 9.95. The lowest BCUT2D eigenvalue weighted by Gasteiger charge is -2.26. The van der Waals surface area contributed by atoms with Crippen molar-refractivity contribution in [2.24, 2.45) is 0 Å². The molecule has 0 saturated heterocycles. The van der Waals surface area contributed by atoms with E-state index in [0.29, 0.717) is 28.3 Å². The summed E-state index contributed by atoms with van der Waals surface area (Å²) in [7, 11) is 0. The van der Waals surface area contributed by atoms with E-state index in [2.05, 4.69) is 4.98 Å². The van der Waals surface area contributed by atoms with Crippen molar-refractivity contribution in [3.8, 4) is 11.5 Å². The number of aliphatic hydroxyl groups is 1. The van der Waals surface area contributed by atoms with Gasteiger partial charge in [0.2, 0.25) is 12.6 Å². The molecule has 0 aliphatic carbocycles. The van der Waals surface area contributed by atoms with Gasteiger partial charge in [0.05, 0.1) is 11.6 Å². The third kappa shape index (κ3) is 2.95. The molecule has 4 aromatic rings. The average Bonchev–Trinajstić information content (AvgIpc) is 3.55. The predicted molar refractivity (Wildman–Crippen MR) is 117 cm³/mol. The Morgan fingerprint density at radius 2 is 1.79 bits per heavy atom. The van der Waals surface area contributed by atoms with E-state index in [1.807, 2.05) is 12.1 Å². The number of furan rings is 1. The van der Waals surface area contributed by atoms with E-state index in [4.69, 9.17) is 13.9 Å². The molecule has 0 bridgehead atoms. The molecule has 2 aliphatic heterocycles. The Kier molecular flexibility index (Phi) is 4.19. The summed E-state index contributed by atoms with van der Waals surface area (Å²) in [5, 5.41) is 11.6. The molecule has 2 aromatic heterocycles. The van der Waals surface area contributed by atoms with Gasteiger partial charge in [-0.1, -0.05) is 18.2 Å². The zero-order valence-electron chi connectivity index (χ0n) is 17.1. The summed E-state index contributed by atoms with van der Waals surface area (Å²) in [6.45, 7) is 0.0831. The fourth-order valence-electron chi connectivity index (χ4n) is 4.23. The van der Waals surface area contributed by atoms with E-state index in [0.717, 1.165) is 5.39 Å². The number of para-hydroxylation sites is 1. The summed E-state index contributed by atoms with van der Waals surface area (Å²) in [5.41, 5.74) is 1.53. The van der Waals surface area contributed by atoms with Crippen LogP contribution >= 0.6 is 0 Å². The zero-order chi connectivity index (χ0) is 22.5. The Balaban J connectivity index is 1.49. The van der Waals surface area contributed by atoms with Gasteiger partial charge in [-0.25, -0.2) is 0 Å². The van der Waals surface area contributed by atoms with Gasteiger partial charge in [0.1, 0.15) is 5.58 Å². The number of benzene rings is 2. The van der Waals surface area contributed by atoms with E-state index in [-0.39, 0.29) is 18.1 Å². The maximum atomic E-state index is 13.6. The highest BCUT2D eigenvalue weighted by Gasteiger charge is 2.45. The molecule has 0 saturated carbocycles. The third-order valence-corrected chi connectivity index (χ3v) is 5.76. The monoisotopic (exact) mass is 440 g/mol. The van der Waals surface area contributed by atoms with Gasteiger partial charge in [0.25, 0.3) is 5.91 Å². The minimum Gasteiger partial charge on any atom is -0.503 e. The first-order valence-electron chi connectivity index (χ1n) is 10.2. The molecule has 8 heteroatoms. The molecule has 2 aromatic carbocycles. The van der Waals surface area contributed by atoms with Crippen molar-refractivity contribution in [2.45, 2.75) is 6.04 Å². The Morgan fingerprint density at radius 1 is 1.00 bits per heavy atom. The molecular weight excluding hydrogens is 424 g/mol. The number of hydrogen-bond acceptors (Lipinski definition) is 7. The fourth-order valence-corrected chi connectivity index (χ4v) is 4.23. The van der Waals surface area contributed by atoms with Crippen LogP contribution in [0.1, 0.15) is 22.2 Å². The zero-order valence-corrected chi connectivity index (χ0v) is 17.1. The summed E-state index contributed by atoms with van der Waals surface area (Å²) >= 11 is 0. The van der Waals surface area contributed by atoms with Gasteiger partial charge in [0, 0.05) is 29.5 Å². The SMILES string of the molecule is O=C(C1=C(O)C(=O)N(c2ccc3c(c2)OCO3)C1c1ccncc1)c1cc2ccccc2o1. The molecule has 1 unspecified atom stereocenters. The van der Waals surface area contributed by atoms with Gasteiger partial charge in [0.15, 0.2) is 23.0 Å². The average molecular weight is 440 g/mol. The maximum absolute atomic E-state index is 13.6. The first-order chi connectivity index (χ1) is 16.1. The molecule has 6 rings (SSSR count). The smallest absolute Gasteiger partial charge is 0.294 e. The van der Waals surface area contributed by atoms with E-state index in [9.17, 15) is 14.7 Å². The highest BCUT2D eigenvalue weighted by Crippen LogP contribution is 2.44. The van der Waals surface area contributed by atoms with E-state index >= 15 is 0 Å². The van der Waals surface area contributed by atoms with E-state index in [1.165, 1.54) is 4.90 Å². The van der Waals surface area contributed by atoms with Crippen molar-refractivity contribution in [3.63, 3.8) is 0 Å². The summed E-state index contributed by atoms with van der Waals surface area (Å²) in [6, 6.07) is 16.3. The van der Waals surface area contributed by atoms with Crippen molar-refractivity contribution in [3.05, 3.63) is 95.7 Å². The molecule has 2 aliphatic rings. The molecule has 8 nitrogen and oxygen atoms in total. The second kappa shape index (κ2) is 7.23. The molecule has 1 atom stereocenters. The van der Waals surface area contributed by atoms with Crippen LogP contribution in [0.25, 0.3) is 11.0 Å². The number of anilines is 1. The lowest BCUT2D eigenvalue weighted by molar-refractivity contribution is -0.117. The van der Waals surface area contributed by atoms with Crippen molar-refractivity contribution in [2.75, 3.05) is 11.7 Å². The number of amides is 1. The van der Waals surface area contributed by atoms with Crippen LogP contribution in [0.4, 0.5) is 5.69 Å². The topological polar surface area (TPSA) is 102 Å². The van der Waals surface area contributed by atoms with Crippen molar-refractivity contribution in [1.29, 1.82) is 0 Å². The van der Waals surface area contributed by atoms with Crippen LogP contribution in [0.3, 0.4) is 0 Å². The minimum absolute atomic E-state index is 0.0390. The minimum atomic E-state index is -0.887. The number of rotatable bonds is 4. The quantitative estimate of drug-likeness (QED) is 0.471. The number of aliphatic hydroxyl groups excluding tert-OH is 1. The molecule has 1 N–H and O–H groups in total. The van der Waals surface area contributed by atoms with E-state index < -0.39 is 23.5 Å². The van der Waals surface area contributed by atoms with Crippen molar-refractivity contribution in [1.82, 2.24) is 4.98 Å². The number of ether oxygens (including phenoxy) is 2. The maximum Gasteiger partial charge on any atom is 0.294 e. The van der Waals surface area contributed by atoms with Gasteiger partial charge >= 0.3 is 0 Å². The molecule has 0 radical (unpaired) electrons. The summed E-state index contributed by atoms with van der Waals surface area (Å²) < 4.78 is 16.6. The number of Topliss-reactive ketones (excluding diaryl/α,β-unsaturated/α-hetero) is 1. The number of ketones is 1. The second-order valence-corrected chi connectivity index (χ2v) is 7.64. The number of nitrogens with zero attached hydrogens (tertiary/aromatic N) is 2. The molecule has 0 spiro atoms. The lowest BCUT2D eigenvalue weighted by Crippen LogP contribution is -2.31. The number of fused-ring (bicyclic) bond motifs is 2. The Hall–Kier alpha value is -4.59. The van der Waals surface area contributed by atoms with Gasteiger partial charge in [-0.05, 0) is 42.0 Å².